The minimum Gasteiger partial charge on any atom is -0.491 e. The van der Waals surface area contributed by atoms with Crippen LogP contribution in [0.3, 0.4) is 0 Å². The molecule has 2 fully saturated rings. The first kappa shape index (κ1) is 31.2. The van der Waals surface area contributed by atoms with Gasteiger partial charge < -0.3 is 35.5 Å². The van der Waals surface area contributed by atoms with Gasteiger partial charge in [0.2, 0.25) is 5.91 Å². The molecule has 2 aromatic carbocycles. The molecule has 0 radical (unpaired) electrons. The van der Waals surface area contributed by atoms with Gasteiger partial charge in [0.05, 0.1) is 37.5 Å². The minimum absolute atomic E-state index is 0.0535. The number of carbonyl (C=O) groups excluding carboxylic acids is 2. The van der Waals surface area contributed by atoms with Crippen molar-refractivity contribution >= 4 is 11.8 Å². The predicted molar refractivity (Wildman–Crippen MR) is 160 cm³/mol. The smallest absolute Gasteiger partial charge is 0.251 e. The van der Waals surface area contributed by atoms with E-state index in [9.17, 15) is 24.2 Å². The predicted octanol–water partition coefficient (Wildman–Crippen LogP) is 3.64. The molecule has 5 N–H and O–H groups in total. The van der Waals surface area contributed by atoms with E-state index in [1.54, 1.807) is 50.2 Å². The number of nitrogens with one attached hydrogen (secondary N) is 1. The summed E-state index contributed by atoms with van der Waals surface area (Å²) in [7, 11) is 0. The summed E-state index contributed by atoms with van der Waals surface area (Å²) in [5.74, 6) is -0.490. The first-order chi connectivity index (χ1) is 21.1. The van der Waals surface area contributed by atoms with Crippen molar-refractivity contribution < 1.29 is 38.4 Å². The zero-order chi connectivity index (χ0) is 31.4. The van der Waals surface area contributed by atoms with Gasteiger partial charge in [-0.1, -0.05) is 0 Å². The number of nitrogens with two attached hydrogens (primary N) is 1. The van der Waals surface area contributed by atoms with E-state index < -0.39 is 29.3 Å². The fourth-order valence-electron chi connectivity index (χ4n) is 4.99. The summed E-state index contributed by atoms with van der Waals surface area (Å²) in [6.07, 6.45) is 2.47. The van der Waals surface area contributed by atoms with Crippen LogP contribution < -0.4 is 25.3 Å². The summed E-state index contributed by atoms with van der Waals surface area (Å²) in [6, 6.07) is 12.1. The van der Waals surface area contributed by atoms with Crippen molar-refractivity contribution in [3.05, 3.63) is 71.2 Å². The van der Waals surface area contributed by atoms with Gasteiger partial charge in [0.25, 0.3) is 5.91 Å². The van der Waals surface area contributed by atoms with Crippen molar-refractivity contribution in [1.29, 1.82) is 0 Å². The summed E-state index contributed by atoms with van der Waals surface area (Å²) in [6.45, 7) is 3.60. The maximum Gasteiger partial charge on any atom is 0.251 e. The summed E-state index contributed by atoms with van der Waals surface area (Å²) in [5, 5.41) is 24.6. The Morgan fingerprint density at radius 3 is 2.43 bits per heavy atom. The summed E-state index contributed by atoms with van der Waals surface area (Å²) >= 11 is 0. The van der Waals surface area contributed by atoms with Gasteiger partial charge in [0.15, 0.2) is 11.5 Å². The number of ether oxygens (including phenoxy) is 3. The number of hydrogen-bond acceptors (Lipinski definition) is 8. The Hall–Kier alpha value is -4.22. The molecule has 2 aliphatic carbocycles. The standard InChI is InChI=1S/C33H38FN3O7/c1-3-42-31-22(16-29(35)39)15-28(37-30(31)20-4-9-24(34)10-5-20)33(41,23-7-8-23)18-36-32(40)21-6-13-26(43-17-19(2)38)27(14-21)44-25-11-12-25/h4-6,9-10,13-15,19,23,25,38,41H,3,7-8,11-12,16-18H2,1-2H3,(H2,35,39)(H,36,40)/t19-,33-/m1/s1. The van der Waals surface area contributed by atoms with Gasteiger partial charge in [-0.2, -0.15) is 0 Å². The van der Waals surface area contributed by atoms with Crippen LogP contribution >= 0.6 is 0 Å². The normalized spacial score (nSPS) is 16.5. The zero-order valence-corrected chi connectivity index (χ0v) is 24.8. The Kier molecular flexibility index (Phi) is 9.36. The molecule has 234 valence electrons. The molecule has 3 aromatic rings. The Labute approximate surface area is 255 Å². The number of aliphatic hydroxyl groups excluding tert-OH is 1. The third-order valence-electron chi connectivity index (χ3n) is 7.54. The van der Waals surface area contributed by atoms with E-state index >= 15 is 0 Å². The first-order valence-corrected chi connectivity index (χ1v) is 14.9. The average Bonchev–Trinajstić information content (AvgIpc) is 3.91. The number of amides is 2. The highest BCUT2D eigenvalue weighted by molar-refractivity contribution is 5.95. The first-order valence-electron chi connectivity index (χ1n) is 14.9. The molecule has 2 amide bonds. The number of primary amides is 1. The van der Waals surface area contributed by atoms with Crippen LogP contribution in [0.1, 0.15) is 61.1 Å². The number of halogens is 1. The quantitative estimate of drug-likeness (QED) is 0.204. The molecule has 44 heavy (non-hydrogen) atoms. The number of aliphatic hydroxyl groups is 2. The largest absolute Gasteiger partial charge is 0.491 e. The van der Waals surface area contributed by atoms with E-state index in [4.69, 9.17) is 24.9 Å². The van der Waals surface area contributed by atoms with Gasteiger partial charge in [-0.15, -0.1) is 0 Å². The molecule has 11 heteroatoms. The number of rotatable bonds is 15. The molecule has 2 aliphatic rings. The van der Waals surface area contributed by atoms with E-state index in [1.165, 1.54) is 12.1 Å². The van der Waals surface area contributed by atoms with Crippen LogP contribution in [-0.2, 0) is 16.8 Å². The summed E-state index contributed by atoms with van der Waals surface area (Å²) in [4.78, 5) is 30.2. The summed E-state index contributed by atoms with van der Waals surface area (Å²) < 4.78 is 31.3. The molecular formula is C33H38FN3O7. The Morgan fingerprint density at radius 2 is 1.82 bits per heavy atom. The molecule has 1 aromatic heterocycles. The molecular weight excluding hydrogens is 569 g/mol. The summed E-state index contributed by atoms with van der Waals surface area (Å²) in [5.41, 5.74) is 5.85. The molecule has 0 bridgehead atoms. The fraction of sp³-hybridized carbons (Fsp3) is 0.424. The Bertz CT molecular complexity index is 1510. The van der Waals surface area contributed by atoms with E-state index in [0.29, 0.717) is 52.5 Å². The molecule has 0 spiro atoms. The van der Waals surface area contributed by atoms with Gasteiger partial charge in [0.1, 0.15) is 29.5 Å². The van der Waals surface area contributed by atoms with Crippen LogP contribution in [0.2, 0.25) is 0 Å². The fourth-order valence-corrected chi connectivity index (χ4v) is 4.99. The van der Waals surface area contributed by atoms with Crippen LogP contribution in [-0.4, -0.2) is 59.0 Å². The minimum atomic E-state index is -1.57. The number of nitrogens with zero attached hydrogens (tertiary/aromatic N) is 1. The molecule has 1 heterocycles. The number of carbonyl (C=O) groups is 2. The Morgan fingerprint density at radius 1 is 1.09 bits per heavy atom. The number of pyridine rings is 1. The lowest BCUT2D eigenvalue weighted by molar-refractivity contribution is -0.117. The van der Waals surface area contributed by atoms with Gasteiger partial charge in [-0.3, -0.25) is 9.59 Å². The molecule has 0 aliphatic heterocycles. The maximum absolute atomic E-state index is 13.8. The van der Waals surface area contributed by atoms with Gasteiger partial charge in [-0.05, 0) is 94.0 Å². The van der Waals surface area contributed by atoms with Gasteiger partial charge in [0, 0.05) is 16.7 Å². The monoisotopic (exact) mass is 607 g/mol. The molecule has 5 rings (SSSR count). The topological polar surface area (TPSA) is 153 Å². The highest BCUT2D eigenvalue weighted by Gasteiger charge is 2.47. The molecule has 2 atom stereocenters. The van der Waals surface area contributed by atoms with Gasteiger partial charge >= 0.3 is 0 Å². The third-order valence-corrected chi connectivity index (χ3v) is 7.54. The lowest BCUT2D eigenvalue weighted by Crippen LogP contribution is -2.43. The highest BCUT2D eigenvalue weighted by atomic mass is 19.1. The van der Waals surface area contributed by atoms with Crippen molar-refractivity contribution in [1.82, 2.24) is 10.3 Å². The average molecular weight is 608 g/mol. The lowest BCUT2D eigenvalue weighted by atomic mass is 9.90. The third kappa shape index (κ3) is 7.46. The van der Waals surface area contributed by atoms with Crippen molar-refractivity contribution in [3.63, 3.8) is 0 Å². The van der Waals surface area contributed by atoms with E-state index in [2.05, 4.69) is 5.32 Å². The second kappa shape index (κ2) is 13.2. The van der Waals surface area contributed by atoms with Crippen LogP contribution in [0.15, 0.2) is 48.5 Å². The van der Waals surface area contributed by atoms with E-state index in [0.717, 1.165) is 12.8 Å². The van der Waals surface area contributed by atoms with Crippen LogP contribution in [0, 0.1) is 11.7 Å². The van der Waals surface area contributed by atoms with E-state index in [1.807, 2.05) is 0 Å². The SMILES string of the molecule is CCOc1c(CC(N)=O)cc([C@@](O)(CNC(=O)c2ccc(OC[C@@H](C)O)c(OC3CC3)c2)C2CC2)nc1-c1ccc(F)cc1. The van der Waals surface area contributed by atoms with Crippen molar-refractivity contribution in [2.45, 2.75) is 63.8 Å². The number of benzene rings is 2. The zero-order valence-electron chi connectivity index (χ0n) is 24.8. The highest BCUT2D eigenvalue weighted by Crippen LogP contribution is 2.47. The van der Waals surface area contributed by atoms with Crippen LogP contribution in [0.4, 0.5) is 4.39 Å². The van der Waals surface area contributed by atoms with Gasteiger partial charge in [-0.25, -0.2) is 9.37 Å². The molecule has 0 unspecified atom stereocenters. The molecule has 0 saturated heterocycles. The van der Waals surface area contributed by atoms with Crippen molar-refractivity contribution in [3.8, 4) is 28.5 Å². The Balaban J connectivity index is 1.45. The van der Waals surface area contributed by atoms with Crippen molar-refractivity contribution in [2.75, 3.05) is 19.8 Å². The number of aromatic nitrogens is 1. The number of hydrogen-bond donors (Lipinski definition) is 4. The molecule has 10 nitrogen and oxygen atoms in total. The van der Waals surface area contributed by atoms with Crippen molar-refractivity contribution in [2.24, 2.45) is 11.7 Å². The van der Waals surface area contributed by atoms with Crippen LogP contribution in [0.5, 0.6) is 17.2 Å². The maximum atomic E-state index is 13.8. The van der Waals surface area contributed by atoms with Crippen LogP contribution in [0.25, 0.3) is 11.3 Å². The van der Waals surface area contributed by atoms with E-state index in [-0.39, 0.29) is 43.9 Å². The second-order valence-corrected chi connectivity index (χ2v) is 11.4. The molecule has 2 saturated carbocycles. The lowest BCUT2D eigenvalue weighted by Gasteiger charge is -2.30. The second-order valence-electron chi connectivity index (χ2n) is 11.4.